The zero-order chi connectivity index (χ0) is 8.43. The molecule has 0 aliphatic carbocycles. The minimum atomic E-state index is -0.477. The molecule has 11 heavy (non-hydrogen) atoms. The van der Waals surface area contributed by atoms with Gasteiger partial charge in [0.25, 0.3) is 0 Å². The Morgan fingerprint density at radius 1 is 1.27 bits per heavy atom. The van der Waals surface area contributed by atoms with Crippen molar-refractivity contribution in [2.24, 2.45) is 0 Å². The van der Waals surface area contributed by atoms with Gasteiger partial charge in [-0.1, -0.05) is 5.46 Å². The Bertz CT molecular complexity index is 252. The Kier molecular flexibility index (Phi) is 2.55. The average molecular weight is 172 g/mol. The van der Waals surface area contributed by atoms with Gasteiger partial charge in [-0.05, 0) is 18.4 Å². The van der Waals surface area contributed by atoms with Crippen molar-refractivity contribution < 1.29 is 8.78 Å². The van der Waals surface area contributed by atoms with Crippen LogP contribution in [0.25, 0.3) is 0 Å². The van der Waals surface area contributed by atoms with E-state index in [1.54, 1.807) is 14.1 Å². The lowest BCUT2D eigenvalue weighted by Gasteiger charge is -2.01. The van der Waals surface area contributed by atoms with Gasteiger partial charge in [0.2, 0.25) is 0 Å². The highest BCUT2D eigenvalue weighted by Crippen LogP contribution is 2.20. The van der Waals surface area contributed by atoms with Crippen molar-refractivity contribution in [1.29, 1.82) is 0 Å². The number of thioether (sulfide) groups is 1. The number of benzene rings is 1. The van der Waals surface area contributed by atoms with E-state index < -0.39 is 11.6 Å². The third-order valence-electron chi connectivity index (χ3n) is 1.35. The second kappa shape index (κ2) is 3.26. The van der Waals surface area contributed by atoms with Crippen LogP contribution >= 0.6 is 11.8 Å². The zero-order valence-electron chi connectivity index (χ0n) is 6.32. The molecule has 0 saturated carbocycles. The Hall–Kier alpha value is -0.505. The van der Waals surface area contributed by atoms with Crippen LogP contribution in [-0.4, -0.2) is 14.1 Å². The molecule has 1 rings (SSSR count). The Morgan fingerprint density at radius 3 is 2.09 bits per heavy atom. The van der Waals surface area contributed by atoms with E-state index in [2.05, 4.69) is 0 Å². The van der Waals surface area contributed by atoms with Crippen molar-refractivity contribution in [3.05, 3.63) is 23.8 Å². The van der Waals surface area contributed by atoms with Gasteiger partial charge in [0.1, 0.15) is 19.5 Å². The van der Waals surface area contributed by atoms with Gasteiger partial charge in [0.15, 0.2) is 0 Å². The third kappa shape index (κ3) is 1.74. The van der Waals surface area contributed by atoms with E-state index in [1.165, 1.54) is 12.1 Å². The minimum absolute atomic E-state index is 0.0931. The summed E-state index contributed by atoms with van der Waals surface area (Å²) >= 11 is 1.08. The maximum Gasteiger partial charge on any atom is 0.139 e. The molecule has 0 atom stereocenters. The van der Waals surface area contributed by atoms with E-state index in [0.717, 1.165) is 11.8 Å². The second-order valence-electron chi connectivity index (χ2n) is 2.26. The van der Waals surface area contributed by atoms with Gasteiger partial charge in [0, 0.05) is 0 Å². The van der Waals surface area contributed by atoms with Crippen molar-refractivity contribution in [3.63, 3.8) is 0 Å². The largest absolute Gasteiger partial charge is 0.206 e. The highest BCUT2D eigenvalue weighted by atomic mass is 32.2. The lowest BCUT2D eigenvalue weighted by molar-refractivity contribution is 0.543. The SMILES string of the molecule is Bc1cc(F)c(SC)c(F)c1. The first-order valence-corrected chi connectivity index (χ1v) is 4.37. The molecule has 1 aromatic carbocycles. The molecule has 1 aromatic rings. The number of hydrogen-bond acceptors (Lipinski definition) is 1. The molecular formula is C7H7BF2S. The van der Waals surface area contributed by atoms with E-state index in [-0.39, 0.29) is 4.90 Å². The number of halogens is 2. The van der Waals surface area contributed by atoms with Gasteiger partial charge >= 0.3 is 0 Å². The molecule has 0 saturated heterocycles. The monoisotopic (exact) mass is 172 g/mol. The van der Waals surface area contributed by atoms with E-state index in [1.807, 2.05) is 0 Å². The van der Waals surface area contributed by atoms with Crippen molar-refractivity contribution in [2.75, 3.05) is 6.26 Å². The van der Waals surface area contributed by atoms with Gasteiger partial charge in [-0.3, -0.25) is 0 Å². The first kappa shape index (κ1) is 8.59. The summed E-state index contributed by atoms with van der Waals surface area (Å²) in [7, 11) is 1.66. The normalized spacial score (nSPS) is 10.1. The van der Waals surface area contributed by atoms with E-state index in [9.17, 15) is 8.78 Å². The van der Waals surface area contributed by atoms with Crippen LogP contribution in [0.4, 0.5) is 8.78 Å². The summed E-state index contributed by atoms with van der Waals surface area (Å²) in [5.41, 5.74) is 0.609. The lowest BCUT2D eigenvalue weighted by Crippen LogP contribution is -2.05. The molecule has 0 radical (unpaired) electrons. The van der Waals surface area contributed by atoms with Crippen molar-refractivity contribution in [2.45, 2.75) is 4.90 Å². The van der Waals surface area contributed by atoms with E-state index in [4.69, 9.17) is 0 Å². The molecule has 0 N–H and O–H groups in total. The molecule has 0 amide bonds. The first-order valence-electron chi connectivity index (χ1n) is 3.15. The summed E-state index contributed by atoms with van der Waals surface area (Å²) in [5.74, 6) is -0.954. The smallest absolute Gasteiger partial charge is 0.139 e. The Labute approximate surface area is 69.4 Å². The Balaban J connectivity index is 3.25. The van der Waals surface area contributed by atoms with E-state index >= 15 is 0 Å². The predicted octanol–water partition coefficient (Wildman–Crippen LogP) is 0.945. The highest BCUT2D eigenvalue weighted by molar-refractivity contribution is 7.98. The molecule has 4 heteroatoms. The number of rotatable bonds is 1. The molecule has 0 aliphatic heterocycles. The maximum atomic E-state index is 12.9. The Morgan fingerprint density at radius 2 is 1.73 bits per heavy atom. The summed E-state index contributed by atoms with van der Waals surface area (Å²) in [6, 6.07) is 2.66. The zero-order valence-corrected chi connectivity index (χ0v) is 7.14. The summed E-state index contributed by atoms with van der Waals surface area (Å²) in [4.78, 5) is 0.0931. The van der Waals surface area contributed by atoms with Crippen LogP contribution in [0, 0.1) is 11.6 Å². The average Bonchev–Trinajstić information content (AvgIpc) is 1.85. The summed E-state index contributed by atoms with van der Waals surface area (Å²) in [6.07, 6.45) is 1.65. The molecule has 0 aromatic heterocycles. The minimum Gasteiger partial charge on any atom is -0.206 e. The molecule has 0 spiro atoms. The summed E-state index contributed by atoms with van der Waals surface area (Å²) in [6.45, 7) is 0. The van der Waals surface area contributed by atoms with Crippen LogP contribution in [-0.2, 0) is 0 Å². The molecule has 0 heterocycles. The molecule has 0 fully saturated rings. The van der Waals surface area contributed by atoms with Gasteiger partial charge in [-0.2, -0.15) is 0 Å². The fourth-order valence-corrected chi connectivity index (χ4v) is 1.39. The quantitative estimate of drug-likeness (QED) is 0.448. The van der Waals surface area contributed by atoms with Crippen LogP contribution < -0.4 is 5.46 Å². The van der Waals surface area contributed by atoms with Gasteiger partial charge in [-0.15, -0.1) is 11.8 Å². The standard InChI is InChI=1S/C7H7BF2S/c1-11-7-5(9)2-4(8)3-6(7)10/h2-3H,8H2,1H3. The fraction of sp³-hybridized carbons (Fsp3) is 0.143. The molecule has 0 bridgehead atoms. The molecule has 0 nitrogen and oxygen atoms in total. The van der Waals surface area contributed by atoms with Crippen LogP contribution in [0.2, 0.25) is 0 Å². The molecule has 0 aliphatic rings. The summed E-state index contributed by atoms with van der Waals surface area (Å²) < 4.78 is 25.7. The van der Waals surface area contributed by atoms with Crippen LogP contribution in [0.1, 0.15) is 0 Å². The van der Waals surface area contributed by atoms with Crippen LogP contribution in [0.15, 0.2) is 17.0 Å². The lowest BCUT2D eigenvalue weighted by atomic mass is 9.96. The van der Waals surface area contributed by atoms with Gasteiger partial charge < -0.3 is 0 Å². The van der Waals surface area contributed by atoms with Crippen LogP contribution in [0.3, 0.4) is 0 Å². The van der Waals surface area contributed by atoms with Crippen molar-refractivity contribution in [3.8, 4) is 0 Å². The predicted molar refractivity (Wildman–Crippen MR) is 46.3 cm³/mol. The molecular weight excluding hydrogens is 165 g/mol. The fourth-order valence-electron chi connectivity index (χ4n) is 0.882. The van der Waals surface area contributed by atoms with Crippen LogP contribution in [0.5, 0.6) is 0 Å². The first-order chi connectivity index (χ1) is 5.15. The highest BCUT2D eigenvalue weighted by Gasteiger charge is 2.07. The topological polar surface area (TPSA) is 0 Å². The van der Waals surface area contributed by atoms with Gasteiger partial charge in [-0.25, -0.2) is 8.78 Å². The summed E-state index contributed by atoms with van der Waals surface area (Å²) in [5, 5.41) is 0. The maximum absolute atomic E-state index is 12.9. The second-order valence-corrected chi connectivity index (χ2v) is 3.08. The number of hydrogen-bond donors (Lipinski definition) is 0. The molecule has 0 unspecified atom stereocenters. The third-order valence-corrected chi connectivity index (χ3v) is 2.14. The molecule has 58 valence electrons. The van der Waals surface area contributed by atoms with Crippen molar-refractivity contribution in [1.82, 2.24) is 0 Å². The van der Waals surface area contributed by atoms with Gasteiger partial charge in [0.05, 0.1) is 4.90 Å². The van der Waals surface area contributed by atoms with E-state index in [0.29, 0.717) is 5.46 Å². The van der Waals surface area contributed by atoms with Crippen molar-refractivity contribution >= 4 is 25.1 Å².